The first-order valence-corrected chi connectivity index (χ1v) is 8.56. The molecular weight excluding hydrogens is 304 g/mol. The van der Waals surface area contributed by atoms with Gasteiger partial charge in [-0.3, -0.25) is 4.90 Å². The summed E-state index contributed by atoms with van der Waals surface area (Å²) in [4.78, 5) is 2.49. The summed E-state index contributed by atoms with van der Waals surface area (Å²) in [5, 5.41) is 8.43. The Morgan fingerprint density at radius 1 is 1.21 bits per heavy atom. The molecule has 0 aliphatic carbocycles. The number of nitrogens with zero attached hydrogens (tertiary/aromatic N) is 4. The highest BCUT2D eigenvalue weighted by Crippen LogP contribution is 2.30. The van der Waals surface area contributed by atoms with E-state index in [1.165, 1.54) is 18.4 Å². The molecule has 0 amide bonds. The first kappa shape index (κ1) is 16.8. The topological polar surface area (TPSA) is 52.4 Å². The van der Waals surface area contributed by atoms with E-state index in [4.69, 9.17) is 9.47 Å². The number of benzene rings is 1. The number of hydrogen-bond acceptors (Lipinski definition) is 5. The highest BCUT2D eigenvalue weighted by atomic mass is 16.5. The van der Waals surface area contributed by atoms with Gasteiger partial charge in [-0.25, -0.2) is 0 Å². The molecule has 0 N–H and O–H groups in total. The summed E-state index contributed by atoms with van der Waals surface area (Å²) in [6.45, 7) is 6.11. The van der Waals surface area contributed by atoms with Crippen LogP contribution in [0.1, 0.15) is 37.1 Å². The Balaban J connectivity index is 1.69. The molecule has 2 aromatic rings. The van der Waals surface area contributed by atoms with Gasteiger partial charge in [0.25, 0.3) is 0 Å². The standard InChI is InChI=1S/C18H26N4O2/c1-4-22-13-19-20-18(22)15-6-5-9-21(12-15)11-14-7-8-16(23-2)17(10-14)24-3/h7-8,10,13,15H,4-6,9,11-12H2,1-3H3. The van der Waals surface area contributed by atoms with Crippen molar-refractivity contribution in [1.82, 2.24) is 19.7 Å². The molecule has 0 spiro atoms. The van der Waals surface area contributed by atoms with Crippen LogP contribution in [0.5, 0.6) is 11.5 Å². The fourth-order valence-electron chi connectivity index (χ4n) is 3.47. The number of hydrogen-bond donors (Lipinski definition) is 0. The number of methoxy groups -OCH3 is 2. The average molecular weight is 330 g/mol. The Morgan fingerprint density at radius 3 is 2.79 bits per heavy atom. The van der Waals surface area contributed by atoms with Crippen molar-refractivity contribution in [2.75, 3.05) is 27.3 Å². The number of aromatic nitrogens is 3. The van der Waals surface area contributed by atoms with Crippen LogP contribution in [0.3, 0.4) is 0 Å². The first-order chi connectivity index (χ1) is 11.7. The van der Waals surface area contributed by atoms with E-state index in [0.717, 1.165) is 43.5 Å². The van der Waals surface area contributed by atoms with Crippen molar-refractivity contribution in [3.8, 4) is 11.5 Å². The number of piperidine rings is 1. The van der Waals surface area contributed by atoms with Gasteiger partial charge in [0.1, 0.15) is 12.2 Å². The molecule has 1 aliphatic heterocycles. The zero-order valence-electron chi connectivity index (χ0n) is 14.7. The quantitative estimate of drug-likeness (QED) is 0.815. The van der Waals surface area contributed by atoms with E-state index in [-0.39, 0.29) is 0 Å². The summed E-state index contributed by atoms with van der Waals surface area (Å²) in [5.41, 5.74) is 1.24. The van der Waals surface area contributed by atoms with Crippen molar-refractivity contribution in [3.63, 3.8) is 0 Å². The molecule has 130 valence electrons. The third-order valence-corrected chi connectivity index (χ3v) is 4.71. The SMILES string of the molecule is CCn1cnnc1C1CCCN(Cc2ccc(OC)c(OC)c2)C1. The highest BCUT2D eigenvalue weighted by molar-refractivity contribution is 5.42. The zero-order chi connectivity index (χ0) is 16.9. The van der Waals surface area contributed by atoms with E-state index in [9.17, 15) is 0 Å². The molecule has 1 fully saturated rings. The largest absolute Gasteiger partial charge is 0.493 e. The molecular formula is C18H26N4O2. The Kier molecular flexibility index (Phi) is 5.35. The van der Waals surface area contributed by atoms with Crippen LogP contribution in [0.2, 0.25) is 0 Å². The Labute approximate surface area is 143 Å². The Bertz CT molecular complexity index is 671. The van der Waals surface area contributed by atoms with E-state index in [1.807, 2.05) is 12.4 Å². The number of ether oxygens (including phenoxy) is 2. The zero-order valence-corrected chi connectivity index (χ0v) is 14.7. The molecule has 1 atom stereocenters. The Hall–Kier alpha value is -2.08. The van der Waals surface area contributed by atoms with Gasteiger partial charge in [0.2, 0.25) is 0 Å². The van der Waals surface area contributed by atoms with Crippen LogP contribution in [-0.2, 0) is 13.1 Å². The molecule has 1 aromatic carbocycles. The van der Waals surface area contributed by atoms with Crippen LogP contribution in [0.25, 0.3) is 0 Å². The second kappa shape index (κ2) is 7.66. The van der Waals surface area contributed by atoms with E-state index < -0.39 is 0 Å². The van der Waals surface area contributed by atoms with E-state index in [1.54, 1.807) is 14.2 Å². The number of rotatable bonds is 6. The molecule has 1 aromatic heterocycles. The fourth-order valence-corrected chi connectivity index (χ4v) is 3.47. The maximum atomic E-state index is 5.41. The monoisotopic (exact) mass is 330 g/mol. The van der Waals surface area contributed by atoms with Crippen LogP contribution in [0.15, 0.2) is 24.5 Å². The van der Waals surface area contributed by atoms with E-state index >= 15 is 0 Å². The molecule has 24 heavy (non-hydrogen) atoms. The van der Waals surface area contributed by atoms with Crippen LogP contribution in [-0.4, -0.2) is 47.0 Å². The van der Waals surface area contributed by atoms with Gasteiger partial charge in [0.15, 0.2) is 11.5 Å². The maximum Gasteiger partial charge on any atom is 0.161 e. The minimum Gasteiger partial charge on any atom is -0.493 e. The molecule has 2 heterocycles. The molecule has 1 unspecified atom stereocenters. The van der Waals surface area contributed by atoms with Gasteiger partial charge in [-0.05, 0) is 44.0 Å². The lowest BCUT2D eigenvalue weighted by Crippen LogP contribution is -2.34. The predicted molar refractivity (Wildman–Crippen MR) is 92.5 cm³/mol. The average Bonchev–Trinajstić information content (AvgIpc) is 3.10. The summed E-state index contributed by atoms with van der Waals surface area (Å²) in [6.07, 6.45) is 4.21. The fraction of sp³-hybridized carbons (Fsp3) is 0.556. The van der Waals surface area contributed by atoms with Crippen molar-refractivity contribution in [1.29, 1.82) is 0 Å². The maximum absolute atomic E-state index is 5.41. The lowest BCUT2D eigenvalue weighted by Gasteiger charge is -2.32. The van der Waals surface area contributed by atoms with E-state index in [2.05, 4.69) is 38.7 Å². The molecule has 3 rings (SSSR count). The van der Waals surface area contributed by atoms with Gasteiger partial charge in [-0.2, -0.15) is 0 Å². The van der Waals surface area contributed by atoms with Gasteiger partial charge in [-0.1, -0.05) is 6.07 Å². The van der Waals surface area contributed by atoms with Gasteiger partial charge in [-0.15, -0.1) is 10.2 Å². The molecule has 6 heteroatoms. The molecule has 0 saturated carbocycles. The van der Waals surface area contributed by atoms with Crippen molar-refractivity contribution < 1.29 is 9.47 Å². The number of likely N-dealkylation sites (tertiary alicyclic amines) is 1. The molecule has 6 nitrogen and oxygen atoms in total. The summed E-state index contributed by atoms with van der Waals surface area (Å²) >= 11 is 0. The second-order valence-corrected chi connectivity index (χ2v) is 6.24. The minimum absolute atomic E-state index is 0.460. The van der Waals surface area contributed by atoms with Crippen LogP contribution in [0.4, 0.5) is 0 Å². The first-order valence-electron chi connectivity index (χ1n) is 8.56. The van der Waals surface area contributed by atoms with E-state index in [0.29, 0.717) is 5.92 Å². The lowest BCUT2D eigenvalue weighted by molar-refractivity contribution is 0.194. The van der Waals surface area contributed by atoms with Crippen LogP contribution in [0, 0.1) is 0 Å². The normalized spacial score (nSPS) is 18.5. The van der Waals surface area contributed by atoms with Gasteiger partial charge in [0.05, 0.1) is 14.2 Å². The van der Waals surface area contributed by atoms with Crippen molar-refractivity contribution in [3.05, 3.63) is 35.9 Å². The summed E-state index contributed by atoms with van der Waals surface area (Å²) in [7, 11) is 3.34. The molecule has 1 saturated heterocycles. The Morgan fingerprint density at radius 2 is 2.04 bits per heavy atom. The minimum atomic E-state index is 0.460. The van der Waals surface area contributed by atoms with Crippen LogP contribution < -0.4 is 9.47 Å². The van der Waals surface area contributed by atoms with Crippen molar-refractivity contribution in [2.24, 2.45) is 0 Å². The molecule has 1 aliphatic rings. The summed E-state index contributed by atoms with van der Waals surface area (Å²) in [6, 6.07) is 6.15. The van der Waals surface area contributed by atoms with Crippen molar-refractivity contribution >= 4 is 0 Å². The van der Waals surface area contributed by atoms with Gasteiger partial charge >= 0.3 is 0 Å². The third kappa shape index (κ3) is 3.53. The predicted octanol–water partition coefficient (Wildman–Crippen LogP) is 2.69. The molecule has 0 bridgehead atoms. The van der Waals surface area contributed by atoms with Crippen LogP contribution >= 0.6 is 0 Å². The van der Waals surface area contributed by atoms with Gasteiger partial charge < -0.3 is 14.0 Å². The smallest absolute Gasteiger partial charge is 0.161 e. The van der Waals surface area contributed by atoms with Crippen molar-refractivity contribution in [2.45, 2.75) is 38.8 Å². The highest BCUT2D eigenvalue weighted by Gasteiger charge is 2.25. The molecule has 0 radical (unpaired) electrons. The van der Waals surface area contributed by atoms with Gasteiger partial charge in [0, 0.05) is 25.6 Å². The second-order valence-electron chi connectivity index (χ2n) is 6.24. The lowest BCUT2D eigenvalue weighted by atomic mass is 9.96. The third-order valence-electron chi connectivity index (χ3n) is 4.71. The summed E-state index contributed by atoms with van der Waals surface area (Å²) in [5.74, 6) is 3.14. The number of aryl methyl sites for hydroxylation is 1. The summed E-state index contributed by atoms with van der Waals surface area (Å²) < 4.78 is 12.9.